The Balaban J connectivity index is 0.00000361. The molecule has 1 heterocycles. The first kappa shape index (κ1) is 19.9. The number of hydrogen-bond donors (Lipinski definition) is 2. The number of nitrogens with one attached hydrogen (secondary N) is 1. The predicted molar refractivity (Wildman–Crippen MR) is 95.9 cm³/mol. The highest BCUT2D eigenvalue weighted by molar-refractivity contribution is 14.0. The van der Waals surface area contributed by atoms with Crippen LogP contribution in [-0.2, 0) is 4.74 Å². The molecule has 3 N–H and O–H groups in total. The Bertz CT molecular complexity index is 256. The zero-order chi connectivity index (χ0) is 13.9. The first-order chi connectivity index (χ1) is 9.22. The second kappa shape index (κ2) is 12.6. The quantitative estimate of drug-likeness (QED) is 0.283. The van der Waals surface area contributed by atoms with E-state index in [0.29, 0.717) is 5.96 Å². The van der Waals surface area contributed by atoms with Gasteiger partial charge in [0.25, 0.3) is 0 Å². The van der Waals surface area contributed by atoms with Crippen LogP contribution in [0.15, 0.2) is 4.99 Å². The summed E-state index contributed by atoms with van der Waals surface area (Å²) in [6.07, 6.45) is 4.75. The van der Waals surface area contributed by atoms with Crippen LogP contribution in [-0.4, -0.2) is 57.3 Å². The molecule has 0 amide bonds. The molecule has 0 saturated carbocycles. The van der Waals surface area contributed by atoms with E-state index in [0.717, 1.165) is 38.6 Å². The minimum absolute atomic E-state index is 0. The zero-order valence-electron chi connectivity index (χ0n) is 12.9. The van der Waals surface area contributed by atoms with Gasteiger partial charge in [0.05, 0.1) is 0 Å². The first-order valence-electron chi connectivity index (χ1n) is 7.52. The van der Waals surface area contributed by atoms with Gasteiger partial charge in [0.15, 0.2) is 5.96 Å². The van der Waals surface area contributed by atoms with Crippen molar-refractivity contribution in [3.05, 3.63) is 0 Å². The van der Waals surface area contributed by atoms with E-state index in [9.17, 15) is 0 Å². The van der Waals surface area contributed by atoms with Crippen LogP contribution in [0.25, 0.3) is 0 Å². The summed E-state index contributed by atoms with van der Waals surface area (Å²) in [5, 5.41) is 3.21. The molecule has 0 aromatic rings. The third-order valence-electron chi connectivity index (χ3n) is 3.63. The Kier molecular flexibility index (Phi) is 12.6. The number of nitrogens with zero attached hydrogens (tertiary/aromatic N) is 2. The summed E-state index contributed by atoms with van der Waals surface area (Å²) < 4.78 is 5.25. The fourth-order valence-corrected chi connectivity index (χ4v) is 2.32. The lowest BCUT2D eigenvalue weighted by molar-refractivity contribution is 0.146. The van der Waals surface area contributed by atoms with Crippen LogP contribution in [0, 0.1) is 5.92 Å². The molecule has 1 rings (SSSR count). The van der Waals surface area contributed by atoms with Gasteiger partial charge in [-0.15, -0.1) is 24.0 Å². The van der Waals surface area contributed by atoms with Crippen molar-refractivity contribution in [2.24, 2.45) is 16.6 Å². The molecule has 0 aromatic heterocycles. The van der Waals surface area contributed by atoms with E-state index < -0.39 is 0 Å². The van der Waals surface area contributed by atoms with Gasteiger partial charge in [-0.2, -0.15) is 0 Å². The summed E-state index contributed by atoms with van der Waals surface area (Å²) in [6.45, 7) is 7.68. The second-order valence-electron chi connectivity index (χ2n) is 5.28. The molecule has 0 atom stereocenters. The number of piperidine rings is 1. The first-order valence-corrected chi connectivity index (χ1v) is 7.52. The molecule has 0 aliphatic carbocycles. The number of hydrogen-bond acceptors (Lipinski definition) is 3. The van der Waals surface area contributed by atoms with Gasteiger partial charge in [0.2, 0.25) is 0 Å². The van der Waals surface area contributed by atoms with Crippen LogP contribution < -0.4 is 11.1 Å². The number of rotatable bonds is 8. The van der Waals surface area contributed by atoms with Crippen LogP contribution in [0.4, 0.5) is 0 Å². The number of ether oxygens (including phenoxy) is 1. The molecule has 5 nitrogen and oxygen atoms in total. The standard InChI is InChI=1S/C14H30N4O.HI/c1-3-19-12-4-8-16-14(15)17-9-5-13-6-10-18(2)11-7-13;/h13H,3-12H2,1-2H3,(H3,15,16,17);1H. The minimum atomic E-state index is 0. The zero-order valence-corrected chi connectivity index (χ0v) is 15.3. The third kappa shape index (κ3) is 9.77. The molecule has 0 spiro atoms. The molecule has 20 heavy (non-hydrogen) atoms. The lowest BCUT2D eigenvalue weighted by Crippen LogP contribution is -2.35. The molecule has 0 aromatic carbocycles. The smallest absolute Gasteiger partial charge is 0.188 e. The van der Waals surface area contributed by atoms with Gasteiger partial charge in [0.1, 0.15) is 0 Å². The Morgan fingerprint density at radius 2 is 2.10 bits per heavy atom. The van der Waals surface area contributed by atoms with E-state index in [-0.39, 0.29) is 24.0 Å². The van der Waals surface area contributed by atoms with Crippen molar-refractivity contribution in [3.8, 4) is 0 Å². The van der Waals surface area contributed by atoms with E-state index >= 15 is 0 Å². The SMILES string of the molecule is CCOCCCN=C(N)NCCC1CCN(C)CC1.I. The summed E-state index contributed by atoms with van der Waals surface area (Å²) in [5.41, 5.74) is 5.82. The third-order valence-corrected chi connectivity index (χ3v) is 3.63. The van der Waals surface area contributed by atoms with E-state index in [4.69, 9.17) is 10.5 Å². The van der Waals surface area contributed by atoms with Gasteiger partial charge in [-0.3, -0.25) is 4.99 Å². The van der Waals surface area contributed by atoms with Crippen LogP contribution in [0.5, 0.6) is 0 Å². The van der Waals surface area contributed by atoms with E-state index in [1.54, 1.807) is 0 Å². The van der Waals surface area contributed by atoms with Crippen molar-refractivity contribution in [1.29, 1.82) is 0 Å². The van der Waals surface area contributed by atoms with Crippen LogP contribution >= 0.6 is 24.0 Å². The maximum absolute atomic E-state index is 5.82. The summed E-state index contributed by atoms with van der Waals surface area (Å²) in [6, 6.07) is 0. The minimum Gasteiger partial charge on any atom is -0.382 e. The lowest BCUT2D eigenvalue weighted by atomic mass is 9.94. The molecule has 120 valence electrons. The van der Waals surface area contributed by atoms with Gasteiger partial charge in [0, 0.05) is 26.3 Å². The fourth-order valence-electron chi connectivity index (χ4n) is 2.32. The topological polar surface area (TPSA) is 62.9 Å². The lowest BCUT2D eigenvalue weighted by Gasteiger charge is -2.28. The van der Waals surface area contributed by atoms with Gasteiger partial charge in [-0.05, 0) is 58.7 Å². The average Bonchev–Trinajstić information content (AvgIpc) is 2.41. The van der Waals surface area contributed by atoms with Crippen molar-refractivity contribution < 1.29 is 4.74 Å². The summed E-state index contributed by atoms with van der Waals surface area (Å²) in [5.74, 6) is 1.42. The Morgan fingerprint density at radius 3 is 2.75 bits per heavy atom. The molecule has 0 radical (unpaired) electrons. The van der Waals surface area contributed by atoms with E-state index in [1.165, 1.54) is 32.4 Å². The van der Waals surface area contributed by atoms with Crippen molar-refractivity contribution >= 4 is 29.9 Å². The van der Waals surface area contributed by atoms with Crippen LogP contribution in [0.3, 0.4) is 0 Å². The highest BCUT2D eigenvalue weighted by atomic mass is 127. The fraction of sp³-hybridized carbons (Fsp3) is 0.929. The molecule has 1 saturated heterocycles. The molecule has 0 unspecified atom stereocenters. The Hall–Kier alpha value is -0.0800. The highest BCUT2D eigenvalue weighted by Crippen LogP contribution is 2.18. The summed E-state index contributed by atoms with van der Waals surface area (Å²) in [7, 11) is 2.20. The molecule has 1 aliphatic heterocycles. The van der Waals surface area contributed by atoms with Crippen molar-refractivity contribution in [2.45, 2.75) is 32.6 Å². The maximum Gasteiger partial charge on any atom is 0.188 e. The average molecular weight is 398 g/mol. The number of aliphatic imine (C=N–C) groups is 1. The van der Waals surface area contributed by atoms with Gasteiger partial charge < -0.3 is 20.7 Å². The number of likely N-dealkylation sites (tertiary alicyclic amines) is 1. The van der Waals surface area contributed by atoms with E-state index in [1.807, 2.05) is 6.92 Å². The van der Waals surface area contributed by atoms with Crippen molar-refractivity contribution in [1.82, 2.24) is 10.2 Å². The number of nitrogens with two attached hydrogens (primary N) is 1. The number of halogens is 1. The molecule has 6 heteroatoms. The summed E-state index contributed by atoms with van der Waals surface area (Å²) in [4.78, 5) is 6.69. The van der Waals surface area contributed by atoms with Crippen LogP contribution in [0.2, 0.25) is 0 Å². The van der Waals surface area contributed by atoms with Crippen molar-refractivity contribution in [2.75, 3.05) is 46.4 Å². The molecule has 1 aliphatic rings. The van der Waals surface area contributed by atoms with Gasteiger partial charge >= 0.3 is 0 Å². The maximum atomic E-state index is 5.82. The number of guanidine groups is 1. The Morgan fingerprint density at radius 1 is 1.40 bits per heavy atom. The van der Waals surface area contributed by atoms with Gasteiger partial charge in [-0.25, -0.2) is 0 Å². The summed E-state index contributed by atoms with van der Waals surface area (Å²) >= 11 is 0. The molecule has 0 bridgehead atoms. The van der Waals surface area contributed by atoms with E-state index in [2.05, 4.69) is 22.3 Å². The Labute approximate surface area is 140 Å². The predicted octanol–water partition coefficient (Wildman–Crippen LogP) is 1.67. The van der Waals surface area contributed by atoms with Crippen LogP contribution in [0.1, 0.15) is 32.6 Å². The molecular formula is C14H31IN4O. The normalized spacial score (nSPS) is 17.8. The highest BCUT2D eigenvalue weighted by Gasteiger charge is 2.15. The molecule has 1 fully saturated rings. The molecular weight excluding hydrogens is 367 g/mol. The monoisotopic (exact) mass is 398 g/mol. The largest absolute Gasteiger partial charge is 0.382 e. The van der Waals surface area contributed by atoms with Crippen molar-refractivity contribution in [3.63, 3.8) is 0 Å². The van der Waals surface area contributed by atoms with Gasteiger partial charge in [-0.1, -0.05) is 0 Å². The second-order valence-corrected chi connectivity index (χ2v) is 5.28.